The van der Waals surface area contributed by atoms with Crippen molar-refractivity contribution in [3.63, 3.8) is 0 Å². The molecule has 6 heteroatoms. The maximum atomic E-state index is 10.4. The number of phenols is 1. The monoisotopic (exact) mass is 385 g/mol. The molecule has 0 saturated heterocycles. The van der Waals surface area contributed by atoms with Crippen molar-refractivity contribution in [2.24, 2.45) is 0 Å². The van der Waals surface area contributed by atoms with E-state index in [4.69, 9.17) is 0 Å². The molecule has 0 aliphatic carbocycles. The number of esters is 1. The number of hydrogen-bond acceptors (Lipinski definition) is 5. The molecule has 0 fully saturated rings. The zero-order valence-electron chi connectivity index (χ0n) is 17.6. The van der Waals surface area contributed by atoms with Crippen LogP contribution in [0.15, 0.2) is 60.7 Å². The Morgan fingerprint density at radius 3 is 1.86 bits per heavy atom. The van der Waals surface area contributed by atoms with Gasteiger partial charge in [0.2, 0.25) is 0 Å². The molecule has 0 amide bonds. The van der Waals surface area contributed by atoms with Crippen molar-refractivity contribution in [2.45, 2.75) is 41.5 Å². The van der Waals surface area contributed by atoms with Gasteiger partial charge in [0.05, 0.1) is 6.61 Å². The molecule has 1 heterocycles. The van der Waals surface area contributed by atoms with E-state index in [1.807, 2.05) is 58.0 Å². The maximum absolute atomic E-state index is 10.4. The molecule has 3 aromatic rings. The first-order valence-corrected chi connectivity index (χ1v) is 9.46. The normalized spacial score (nSPS) is 8.93. The standard InChI is InChI=1S/C12H9N3O.C6H10O2.2C2H6/c16-12-8-4-3-7-11(12)15-13-9-5-1-2-6-10(9)14-15;1-4-8-6(7)5(2)3;2*1-2/h1-8,16H;2,4H2,1,3H3;2*1-2H3. The van der Waals surface area contributed by atoms with E-state index in [1.54, 1.807) is 32.0 Å². The molecule has 0 aliphatic heterocycles. The van der Waals surface area contributed by atoms with Crippen LogP contribution in [0.2, 0.25) is 0 Å². The highest BCUT2D eigenvalue weighted by Crippen LogP contribution is 2.20. The molecule has 1 N–H and O–H groups in total. The number of aromatic nitrogens is 3. The first-order chi connectivity index (χ1) is 13.5. The highest BCUT2D eigenvalue weighted by atomic mass is 16.5. The average molecular weight is 386 g/mol. The van der Waals surface area contributed by atoms with Gasteiger partial charge < -0.3 is 9.84 Å². The van der Waals surface area contributed by atoms with Crippen LogP contribution in [0.3, 0.4) is 0 Å². The Hall–Kier alpha value is -3.15. The van der Waals surface area contributed by atoms with E-state index in [1.165, 1.54) is 4.80 Å². The summed E-state index contributed by atoms with van der Waals surface area (Å²) in [6.07, 6.45) is 0. The predicted molar refractivity (Wildman–Crippen MR) is 115 cm³/mol. The minimum Gasteiger partial charge on any atom is -0.506 e. The van der Waals surface area contributed by atoms with Crippen molar-refractivity contribution in [3.05, 3.63) is 60.7 Å². The summed E-state index contributed by atoms with van der Waals surface area (Å²) in [6, 6.07) is 14.6. The quantitative estimate of drug-likeness (QED) is 0.489. The number of phenolic OH excluding ortho intramolecular Hbond substituents is 1. The number of para-hydroxylation sites is 2. The van der Waals surface area contributed by atoms with Gasteiger partial charge in [-0.2, -0.15) is 0 Å². The van der Waals surface area contributed by atoms with E-state index in [2.05, 4.69) is 21.5 Å². The van der Waals surface area contributed by atoms with Gasteiger partial charge in [-0.1, -0.05) is 58.5 Å². The molecule has 2 aromatic carbocycles. The summed E-state index contributed by atoms with van der Waals surface area (Å²) in [5.74, 6) is -0.143. The van der Waals surface area contributed by atoms with Crippen molar-refractivity contribution in [1.82, 2.24) is 15.0 Å². The van der Waals surface area contributed by atoms with Gasteiger partial charge in [-0.25, -0.2) is 4.79 Å². The van der Waals surface area contributed by atoms with E-state index < -0.39 is 0 Å². The van der Waals surface area contributed by atoms with Gasteiger partial charge in [0.1, 0.15) is 22.5 Å². The van der Waals surface area contributed by atoms with E-state index in [-0.39, 0.29) is 11.7 Å². The fourth-order valence-electron chi connectivity index (χ4n) is 1.86. The van der Waals surface area contributed by atoms with Crippen molar-refractivity contribution < 1.29 is 14.6 Å². The van der Waals surface area contributed by atoms with Gasteiger partial charge in [0.25, 0.3) is 0 Å². The first kappa shape index (κ1) is 24.8. The number of hydrogen-bond donors (Lipinski definition) is 1. The topological polar surface area (TPSA) is 77.2 Å². The Morgan fingerprint density at radius 1 is 1.00 bits per heavy atom. The Bertz CT molecular complexity index is 824. The highest BCUT2D eigenvalue weighted by Gasteiger charge is 2.06. The lowest BCUT2D eigenvalue weighted by molar-refractivity contribution is -0.138. The van der Waals surface area contributed by atoms with Crippen LogP contribution in [0.4, 0.5) is 0 Å². The smallest absolute Gasteiger partial charge is 0.333 e. The Kier molecular flexibility index (Phi) is 12.4. The van der Waals surface area contributed by atoms with Gasteiger partial charge in [-0.15, -0.1) is 15.0 Å². The molecule has 0 saturated carbocycles. The van der Waals surface area contributed by atoms with Crippen LogP contribution in [-0.4, -0.2) is 32.7 Å². The van der Waals surface area contributed by atoms with Crippen molar-refractivity contribution in [3.8, 4) is 11.4 Å². The predicted octanol–water partition coefficient (Wildman–Crippen LogP) is 5.30. The maximum Gasteiger partial charge on any atom is 0.333 e. The minimum absolute atomic E-state index is 0.169. The van der Waals surface area contributed by atoms with Crippen LogP contribution in [0.5, 0.6) is 5.75 Å². The van der Waals surface area contributed by atoms with E-state index in [0.29, 0.717) is 17.9 Å². The molecule has 0 bridgehead atoms. The second-order valence-electron chi connectivity index (χ2n) is 4.97. The fraction of sp³-hybridized carbons (Fsp3) is 0.318. The summed E-state index contributed by atoms with van der Waals surface area (Å²) < 4.78 is 4.56. The van der Waals surface area contributed by atoms with Crippen LogP contribution in [0.25, 0.3) is 16.7 Å². The summed E-state index contributed by atoms with van der Waals surface area (Å²) in [5.41, 5.74) is 2.65. The molecule has 3 rings (SSSR count). The minimum atomic E-state index is -0.312. The van der Waals surface area contributed by atoms with Crippen LogP contribution in [0, 0.1) is 0 Å². The first-order valence-electron chi connectivity index (χ1n) is 9.46. The molecule has 6 nitrogen and oxygen atoms in total. The number of benzene rings is 2. The van der Waals surface area contributed by atoms with Gasteiger partial charge >= 0.3 is 5.97 Å². The summed E-state index contributed by atoms with van der Waals surface area (Å²) in [5, 5.41) is 18.3. The van der Waals surface area contributed by atoms with Crippen LogP contribution < -0.4 is 0 Å². The Morgan fingerprint density at radius 2 is 1.46 bits per heavy atom. The third kappa shape index (κ3) is 7.61. The van der Waals surface area contributed by atoms with Crippen molar-refractivity contribution in [1.29, 1.82) is 0 Å². The van der Waals surface area contributed by atoms with Gasteiger partial charge in [-0.05, 0) is 38.1 Å². The third-order valence-electron chi connectivity index (χ3n) is 3.01. The lowest BCUT2D eigenvalue weighted by Crippen LogP contribution is -2.03. The summed E-state index contributed by atoms with van der Waals surface area (Å²) in [4.78, 5) is 11.9. The lowest BCUT2D eigenvalue weighted by atomic mass is 10.3. The largest absolute Gasteiger partial charge is 0.506 e. The van der Waals surface area contributed by atoms with E-state index in [0.717, 1.165) is 11.0 Å². The number of fused-ring (bicyclic) bond motifs is 1. The third-order valence-corrected chi connectivity index (χ3v) is 3.01. The lowest BCUT2D eigenvalue weighted by Gasteiger charge is -2.00. The zero-order valence-corrected chi connectivity index (χ0v) is 17.6. The Balaban J connectivity index is 0.000000520. The molecular formula is C22H31N3O3. The number of rotatable bonds is 3. The number of carbonyl (C=O) groups is 1. The summed E-state index contributed by atoms with van der Waals surface area (Å²) in [6.45, 7) is 15.2. The molecule has 0 spiro atoms. The summed E-state index contributed by atoms with van der Waals surface area (Å²) in [7, 11) is 0. The molecule has 0 radical (unpaired) electrons. The molecule has 0 aliphatic rings. The van der Waals surface area contributed by atoms with Crippen LogP contribution in [-0.2, 0) is 9.53 Å². The number of carbonyl (C=O) groups excluding carboxylic acids is 1. The average Bonchev–Trinajstić information content (AvgIpc) is 3.16. The second-order valence-corrected chi connectivity index (χ2v) is 4.97. The van der Waals surface area contributed by atoms with Crippen molar-refractivity contribution >= 4 is 17.0 Å². The summed E-state index contributed by atoms with van der Waals surface area (Å²) >= 11 is 0. The Labute approximate surface area is 167 Å². The number of aromatic hydroxyl groups is 1. The molecule has 0 atom stereocenters. The van der Waals surface area contributed by atoms with Gasteiger partial charge in [-0.3, -0.25) is 0 Å². The van der Waals surface area contributed by atoms with Gasteiger partial charge in [0.15, 0.2) is 0 Å². The molecule has 1 aromatic heterocycles. The highest BCUT2D eigenvalue weighted by molar-refractivity contribution is 5.86. The zero-order chi connectivity index (χ0) is 21.5. The van der Waals surface area contributed by atoms with E-state index >= 15 is 0 Å². The molecule has 152 valence electrons. The van der Waals surface area contributed by atoms with Crippen LogP contribution in [0.1, 0.15) is 41.5 Å². The van der Waals surface area contributed by atoms with E-state index in [9.17, 15) is 9.90 Å². The second kappa shape index (κ2) is 14.0. The number of nitrogens with zero attached hydrogens (tertiary/aromatic N) is 3. The number of ether oxygens (including phenoxy) is 1. The molecular weight excluding hydrogens is 354 g/mol. The molecule has 28 heavy (non-hydrogen) atoms. The van der Waals surface area contributed by atoms with Crippen LogP contribution >= 0.6 is 0 Å². The van der Waals surface area contributed by atoms with Gasteiger partial charge in [0, 0.05) is 5.57 Å². The fourth-order valence-corrected chi connectivity index (χ4v) is 1.86. The molecule has 0 unspecified atom stereocenters. The van der Waals surface area contributed by atoms with Crippen molar-refractivity contribution in [2.75, 3.05) is 6.61 Å². The SMILES string of the molecule is C=C(C)C(=O)OCC.CC.CC.Oc1ccccc1-n1nc2ccccc2n1.